The van der Waals surface area contributed by atoms with Crippen molar-refractivity contribution in [1.82, 2.24) is 4.72 Å². The maximum atomic E-state index is 12.1. The van der Waals surface area contributed by atoms with Gasteiger partial charge in [0.25, 0.3) is 0 Å². The highest BCUT2D eigenvalue weighted by Gasteiger charge is 2.31. The normalized spacial score (nSPS) is 18.9. The smallest absolute Gasteiger partial charge is 0.328 e. The Morgan fingerprint density at radius 1 is 1.33 bits per heavy atom. The molecule has 8 heteroatoms. The monoisotopic (exact) mass is 311 g/mol. The quantitative estimate of drug-likeness (QED) is 0.601. The third-order valence-electron chi connectivity index (χ3n) is 2.84. The van der Waals surface area contributed by atoms with Crippen LogP contribution in [-0.2, 0) is 24.3 Å². The Hall–Kier alpha value is -2.19. The fraction of sp³-hybridized carbons (Fsp3) is 0.231. The summed E-state index contributed by atoms with van der Waals surface area (Å²) in [6.07, 6.45) is 2.61. The summed E-state index contributed by atoms with van der Waals surface area (Å²) < 4.78 is 31.1. The number of hydrogen-bond acceptors (Lipinski definition) is 5. The lowest BCUT2D eigenvalue weighted by Crippen LogP contribution is -2.37. The lowest BCUT2D eigenvalue weighted by Gasteiger charge is -2.09. The topological polar surface area (TPSA) is 110 Å². The van der Waals surface area contributed by atoms with Crippen LogP contribution in [0.3, 0.4) is 0 Å². The van der Waals surface area contributed by atoms with E-state index in [1.807, 2.05) is 0 Å². The average Bonchev–Trinajstić information content (AvgIpc) is 2.82. The zero-order valence-corrected chi connectivity index (χ0v) is 11.7. The van der Waals surface area contributed by atoms with Crippen LogP contribution in [0.4, 0.5) is 0 Å². The van der Waals surface area contributed by atoms with Gasteiger partial charge in [0.2, 0.25) is 10.0 Å². The molecule has 1 heterocycles. The van der Waals surface area contributed by atoms with Gasteiger partial charge in [-0.1, -0.05) is 12.1 Å². The first-order chi connectivity index (χ1) is 9.88. The number of carbonyl (C=O) groups excluding carboxylic acids is 1. The van der Waals surface area contributed by atoms with E-state index in [0.29, 0.717) is 12.0 Å². The first kappa shape index (κ1) is 15.2. The van der Waals surface area contributed by atoms with Gasteiger partial charge in [0.1, 0.15) is 6.04 Å². The molecule has 112 valence electrons. The Balaban J connectivity index is 2.13. The van der Waals surface area contributed by atoms with E-state index in [2.05, 4.69) is 4.72 Å². The summed E-state index contributed by atoms with van der Waals surface area (Å²) in [6, 6.07) is 4.76. The Kier molecular flexibility index (Phi) is 4.39. The molecule has 0 amide bonds. The average molecular weight is 311 g/mol. The second kappa shape index (κ2) is 6.06. The number of carbonyl (C=O) groups is 2. The summed E-state index contributed by atoms with van der Waals surface area (Å²) in [5.74, 6) is -1.67. The maximum Gasteiger partial charge on any atom is 0.328 e. The minimum absolute atomic E-state index is 0.00493. The Labute approximate surface area is 121 Å². The fourth-order valence-corrected chi connectivity index (χ4v) is 3.00. The highest BCUT2D eigenvalue weighted by Crippen LogP contribution is 2.15. The van der Waals surface area contributed by atoms with Crippen LogP contribution in [-0.4, -0.2) is 38.1 Å². The van der Waals surface area contributed by atoms with Crippen molar-refractivity contribution in [1.29, 1.82) is 0 Å². The SMILES string of the molecule is O=C(O)/C=C/c1ccc(S(=O)(=O)NC2CCOC2=O)cc1. The number of sulfonamides is 1. The molecule has 21 heavy (non-hydrogen) atoms. The molecular formula is C13H13NO6S. The number of benzene rings is 1. The summed E-state index contributed by atoms with van der Waals surface area (Å²) in [5.41, 5.74) is 0.552. The molecule has 2 rings (SSSR count). The number of rotatable bonds is 5. The number of aliphatic carboxylic acids is 1. The first-order valence-corrected chi connectivity index (χ1v) is 7.57. The van der Waals surface area contributed by atoms with Crippen LogP contribution in [0.25, 0.3) is 6.08 Å². The van der Waals surface area contributed by atoms with Crippen molar-refractivity contribution in [2.45, 2.75) is 17.4 Å². The van der Waals surface area contributed by atoms with E-state index in [-0.39, 0.29) is 11.5 Å². The Bertz CT molecular complexity index is 677. The van der Waals surface area contributed by atoms with Crippen molar-refractivity contribution < 1.29 is 27.9 Å². The maximum absolute atomic E-state index is 12.1. The van der Waals surface area contributed by atoms with E-state index >= 15 is 0 Å². The molecule has 1 saturated heterocycles. The van der Waals surface area contributed by atoms with Gasteiger partial charge < -0.3 is 9.84 Å². The number of hydrogen-bond donors (Lipinski definition) is 2. The zero-order valence-electron chi connectivity index (χ0n) is 10.9. The van der Waals surface area contributed by atoms with Crippen LogP contribution in [0, 0.1) is 0 Å². The molecule has 1 unspecified atom stereocenters. The van der Waals surface area contributed by atoms with Gasteiger partial charge in [-0.3, -0.25) is 4.79 Å². The minimum Gasteiger partial charge on any atom is -0.478 e. The van der Waals surface area contributed by atoms with Gasteiger partial charge in [-0.15, -0.1) is 0 Å². The summed E-state index contributed by atoms with van der Waals surface area (Å²) >= 11 is 0. The molecule has 1 aromatic rings. The van der Waals surface area contributed by atoms with E-state index in [1.54, 1.807) is 0 Å². The molecule has 0 aromatic heterocycles. The molecule has 0 bridgehead atoms. The van der Waals surface area contributed by atoms with Crippen LogP contribution >= 0.6 is 0 Å². The molecule has 1 aliphatic rings. The van der Waals surface area contributed by atoms with Crippen molar-refractivity contribution in [3.8, 4) is 0 Å². The van der Waals surface area contributed by atoms with Gasteiger partial charge in [-0.05, 0) is 23.8 Å². The van der Waals surface area contributed by atoms with Gasteiger partial charge in [0.05, 0.1) is 11.5 Å². The number of ether oxygens (including phenoxy) is 1. The van der Waals surface area contributed by atoms with Gasteiger partial charge in [-0.2, -0.15) is 4.72 Å². The lowest BCUT2D eigenvalue weighted by molar-refractivity contribution is -0.139. The highest BCUT2D eigenvalue weighted by atomic mass is 32.2. The molecule has 0 saturated carbocycles. The molecule has 1 aliphatic heterocycles. The third kappa shape index (κ3) is 3.89. The van der Waals surface area contributed by atoms with Crippen LogP contribution in [0.1, 0.15) is 12.0 Å². The highest BCUT2D eigenvalue weighted by molar-refractivity contribution is 7.89. The molecular weight excluding hydrogens is 298 g/mol. The molecule has 7 nitrogen and oxygen atoms in total. The van der Waals surface area contributed by atoms with Gasteiger partial charge >= 0.3 is 11.9 Å². The third-order valence-corrected chi connectivity index (χ3v) is 4.33. The zero-order chi connectivity index (χ0) is 15.5. The number of cyclic esters (lactones) is 1. The van der Waals surface area contributed by atoms with Gasteiger partial charge in [-0.25, -0.2) is 13.2 Å². The molecule has 1 aromatic carbocycles. The standard InChI is InChI=1S/C13H13NO6S/c15-12(16)6-3-9-1-4-10(5-2-9)21(18,19)14-11-7-8-20-13(11)17/h1-6,11,14H,7-8H2,(H,15,16)/b6-3+. The molecule has 2 N–H and O–H groups in total. The molecule has 0 aliphatic carbocycles. The number of esters is 1. The first-order valence-electron chi connectivity index (χ1n) is 6.08. The van der Waals surface area contributed by atoms with Gasteiger partial charge in [0.15, 0.2) is 0 Å². The van der Waals surface area contributed by atoms with E-state index in [0.717, 1.165) is 6.08 Å². The predicted octanol–water partition coefficient (Wildman–Crippen LogP) is 0.378. The van der Waals surface area contributed by atoms with Crippen molar-refractivity contribution in [3.05, 3.63) is 35.9 Å². The van der Waals surface area contributed by atoms with Crippen LogP contribution in [0.5, 0.6) is 0 Å². The number of carboxylic acid groups (broad SMARTS) is 1. The molecule has 0 spiro atoms. The van der Waals surface area contributed by atoms with E-state index in [9.17, 15) is 18.0 Å². The fourth-order valence-electron chi connectivity index (χ4n) is 1.78. The van der Waals surface area contributed by atoms with Crippen molar-refractivity contribution >= 4 is 28.0 Å². The number of carboxylic acids is 1. The van der Waals surface area contributed by atoms with Crippen LogP contribution < -0.4 is 4.72 Å². The van der Waals surface area contributed by atoms with E-state index in [1.165, 1.54) is 30.3 Å². The van der Waals surface area contributed by atoms with Gasteiger partial charge in [0, 0.05) is 12.5 Å². The summed E-state index contributed by atoms with van der Waals surface area (Å²) in [5, 5.41) is 8.51. The largest absolute Gasteiger partial charge is 0.478 e. The van der Waals surface area contributed by atoms with Crippen molar-refractivity contribution in [2.24, 2.45) is 0 Å². The van der Waals surface area contributed by atoms with Crippen molar-refractivity contribution in [2.75, 3.05) is 6.61 Å². The summed E-state index contributed by atoms with van der Waals surface area (Å²) in [4.78, 5) is 21.7. The molecule has 1 fully saturated rings. The lowest BCUT2D eigenvalue weighted by atomic mass is 10.2. The van der Waals surface area contributed by atoms with E-state index < -0.39 is 28.0 Å². The molecule has 0 radical (unpaired) electrons. The minimum atomic E-state index is -3.82. The number of nitrogens with one attached hydrogen (secondary N) is 1. The second-order valence-corrected chi connectivity index (χ2v) is 6.08. The van der Waals surface area contributed by atoms with Crippen molar-refractivity contribution in [3.63, 3.8) is 0 Å². The molecule has 1 atom stereocenters. The van der Waals surface area contributed by atoms with E-state index in [4.69, 9.17) is 9.84 Å². The summed E-state index contributed by atoms with van der Waals surface area (Å²) in [6.45, 7) is 0.199. The predicted molar refractivity (Wildman–Crippen MR) is 72.8 cm³/mol. The van der Waals surface area contributed by atoms with Crippen LogP contribution in [0.15, 0.2) is 35.2 Å². The summed E-state index contributed by atoms with van der Waals surface area (Å²) in [7, 11) is -3.82. The second-order valence-electron chi connectivity index (χ2n) is 4.37. The Morgan fingerprint density at radius 3 is 2.52 bits per heavy atom. The van der Waals surface area contributed by atoms with Crippen LogP contribution in [0.2, 0.25) is 0 Å². The Morgan fingerprint density at radius 2 is 2.00 bits per heavy atom.